The van der Waals surface area contributed by atoms with Crippen LogP contribution in [-0.2, 0) is 16.8 Å². The predicted octanol–water partition coefficient (Wildman–Crippen LogP) is 2.51. The summed E-state index contributed by atoms with van der Waals surface area (Å²) in [5.41, 5.74) is -0.489. The van der Waals surface area contributed by atoms with Crippen LogP contribution < -0.4 is 0 Å². The highest BCUT2D eigenvalue weighted by atomic mass is 35.5. The summed E-state index contributed by atoms with van der Waals surface area (Å²) in [6.45, 7) is 6.41. The molecule has 86 valence electrons. The van der Waals surface area contributed by atoms with E-state index in [1.807, 2.05) is 20.8 Å². The van der Waals surface area contributed by atoms with Crippen LogP contribution in [0.4, 0.5) is 0 Å². The Bertz CT molecular complexity index is 299. The number of alkyl halides is 1. The van der Waals surface area contributed by atoms with Crippen molar-refractivity contribution in [1.82, 2.24) is 10.1 Å². The average Bonchev–Trinajstić information content (AvgIpc) is 2.63. The number of rotatable bonds is 6. The van der Waals surface area contributed by atoms with Gasteiger partial charge in [0.2, 0.25) is 11.7 Å². The molecule has 15 heavy (non-hydrogen) atoms. The summed E-state index contributed by atoms with van der Waals surface area (Å²) >= 11 is 5.58. The molecular weight excluding hydrogens is 216 g/mol. The van der Waals surface area contributed by atoms with Crippen LogP contribution in [0.3, 0.4) is 0 Å². The summed E-state index contributed by atoms with van der Waals surface area (Å²) < 4.78 is 10.6. The van der Waals surface area contributed by atoms with E-state index in [0.29, 0.717) is 24.2 Å². The molecule has 0 unspecified atom stereocenters. The van der Waals surface area contributed by atoms with Gasteiger partial charge in [0.05, 0.1) is 0 Å². The van der Waals surface area contributed by atoms with Crippen LogP contribution in [0.5, 0.6) is 0 Å². The van der Waals surface area contributed by atoms with Crippen LogP contribution in [0.1, 0.15) is 38.9 Å². The first kappa shape index (κ1) is 12.5. The molecule has 4 nitrogen and oxygen atoms in total. The highest BCUT2D eigenvalue weighted by Gasteiger charge is 2.26. The van der Waals surface area contributed by atoms with E-state index < -0.39 is 5.60 Å². The van der Waals surface area contributed by atoms with Gasteiger partial charge in [0.15, 0.2) is 0 Å². The van der Waals surface area contributed by atoms with E-state index in [1.54, 1.807) is 0 Å². The van der Waals surface area contributed by atoms with E-state index in [4.69, 9.17) is 20.9 Å². The number of ether oxygens (including phenoxy) is 1. The molecule has 0 aromatic carbocycles. The molecule has 0 amide bonds. The maximum absolute atomic E-state index is 5.58. The minimum Gasteiger partial charge on any atom is -0.368 e. The van der Waals surface area contributed by atoms with E-state index in [1.165, 1.54) is 0 Å². The fourth-order valence-electron chi connectivity index (χ4n) is 1.24. The lowest BCUT2D eigenvalue weighted by molar-refractivity contribution is -0.0221. The van der Waals surface area contributed by atoms with Crippen LogP contribution in [0.15, 0.2) is 4.52 Å². The predicted molar refractivity (Wildman–Crippen MR) is 58.0 cm³/mol. The topological polar surface area (TPSA) is 48.2 Å². The lowest BCUT2D eigenvalue weighted by atomic mass is 10.1. The van der Waals surface area contributed by atoms with Crippen LogP contribution in [0.25, 0.3) is 0 Å². The second-order valence-electron chi connectivity index (χ2n) is 3.75. The van der Waals surface area contributed by atoms with E-state index in [-0.39, 0.29) is 0 Å². The van der Waals surface area contributed by atoms with E-state index in [0.717, 1.165) is 12.8 Å². The minimum absolute atomic E-state index is 0.489. The van der Waals surface area contributed by atoms with Gasteiger partial charge in [-0.1, -0.05) is 5.16 Å². The number of halogens is 1. The quantitative estimate of drug-likeness (QED) is 0.708. The molecule has 0 fully saturated rings. The third-order valence-corrected chi connectivity index (χ3v) is 2.30. The fraction of sp³-hybridized carbons (Fsp3) is 0.800. The molecule has 0 aliphatic heterocycles. The van der Waals surface area contributed by atoms with Crippen molar-refractivity contribution >= 4 is 11.6 Å². The smallest absolute Gasteiger partial charge is 0.226 e. The van der Waals surface area contributed by atoms with Crippen molar-refractivity contribution in [3.63, 3.8) is 0 Å². The van der Waals surface area contributed by atoms with Crippen LogP contribution in [0, 0.1) is 0 Å². The Hall–Kier alpha value is -0.610. The number of aryl methyl sites for hydroxylation is 1. The van der Waals surface area contributed by atoms with Gasteiger partial charge in [0.1, 0.15) is 5.60 Å². The van der Waals surface area contributed by atoms with Crippen LogP contribution >= 0.6 is 11.6 Å². The normalized spacial score (nSPS) is 12.0. The highest BCUT2D eigenvalue weighted by Crippen LogP contribution is 2.21. The van der Waals surface area contributed by atoms with Crippen LogP contribution in [0.2, 0.25) is 0 Å². The average molecular weight is 233 g/mol. The second kappa shape index (κ2) is 5.47. The molecule has 1 heterocycles. The van der Waals surface area contributed by atoms with Crippen molar-refractivity contribution in [3.05, 3.63) is 11.7 Å². The van der Waals surface area contributed by atoms with Gasteiger partial charge in [0, 0.05) is 18.9 Å². The first-order chi connectivity index (χ1) is 7.10. The van der Waals surface area contributed by atoms with Gasteiger partial charge in [-0.2, -0.15) is 4.98 Å². The number of aromatic nitrogens is 2. The molecule has 1 rings (SSSR count). The molecule has 0 aliphatic carbocycles. The van der Waals surface area contributed by atoms with Gasteiger partial charge < -0.3 is 9.26 Å². The Balaban J connectivity index is 2.66. The molecule has 5 heteroatoms. The first-order valence-corrected chi connectivity index (χ1v) is 5.66. The second-order valence-corrected chi connectivity index (χ2v) is 4.13. The fourth-order valence-corrected chi connectivity index (χ4v) is 1.38. The van der Waals surface area contributed by atoms with Gasteiger partial charge >= 0.3 is 0 Å². The summed E-state index contributed by atoms with van der Waals surface area (Å²) in [5, 5.41) is 3.91. The summed E-state index contributed by atoms with van der Waals surface area (Å²) in [5.74, 6) is 1.82. The summed E-state index contributed by atoms with van der Waals surface area (Å²) in [6.07, 6.45) is 1.57. The lowest BCUT2D eigenvalue weighted by Crippen LogP contribution is -2.23. The Morgan fingerprint density at radius 2 is 2.20 bits per heavy atom. The molecule has 0 saturated heterocycles. The molecule has 0 radical (unpaired) electrons. The summed E-state index contributed by atoms with van der Waals surface area (Å²) in [6, 6.07) is 0. The zero-order valence-electron chi connectivity index (χ0n) is 9.42. The molecule has 1 aromatic heterocycles. The minimum atomic E-state index is -0.489. The van der Waals surface area contributed by atoms with Gasteiger partial charge in [-0.05, 0) is 27.2 Å². The Labute approximate surface area is 95.0 Å². The maximum atomic E-state index is 5.58. The van der Waals surface area contributed by atoms with Crippen molar-refractivity contribution in [2.24, 2.45) is 0 Å². The summed E-state index contributed by atoms with van der Waals surface area (Å²) in [7, 11) is 0. The van der Waals surface area contributed by atoms with Gasteiger partial charge in [-0.15, -0.1) is 11.6 Å². The van der Waals surface area contributed by atoms with E-state index in [2.05, 4.69) is 10.1 Å². The van der Waals surface area contributed by atoms with Gasteiger partial charge in [-0.25, -0.2) is 0 Å². The van der Waals surface area contributed by atoms with E-state index >= 15 is 0 Å². The van der Waals surface area contributed by atoms with Gasteiger partial charge in [0.25, 0.3) is 0 Å². The third-order valence-electron chi connectivity index (χ3n) is 2.04. The standard InChI is InChI=1S/C10H17ClN2O2/c1-4-14-10(2,3)9-12-8(15-13-9)6-5-7-11/h4-7H2,1-3H3. The summed E-state index contributed by atoms with van der Waals surface area (Å²) in [4.78, 5) is 4.28. The molecule has 0 aliphatic rings. The van der Waals surface area contributed by atoms with Gasteiger partial charge in [-0.3, -0.25) is 0 Å². The number of nitrogens with zero attached hydrogens (tertiary/aromatic N) is 2. The molecule has 0 atom stereocenters. The Morgan fingerprint density at radius 1 is 1.47 bits per heavy atom. The Kier molecular flexibility index (Phi) is 4.54. The van der Waals surface area contributed by atoms with Crippen molar-refractivity contribution in [2.75, 3.05) is 12.5 Å². The van der Waals surface area contributed by atoms with Crippen molar-refractivity contribution < 1.29 is 9.26 Å². The molecule has 0 saturated carbocycles. The number of hydrogen-bond acceptors (Lipinski definition) is 4. The number of hydrogen-bond donors (Lipinski definition) is 0. The molecule has 0 N–H and O–H groups in total. The SMILES string of the molecule is CCOC(C)(C)c1noc(CCCCl)n1. The first-order valence-electron chi connectivity index (χ1n) is 5.13. The zero-order chi connectivity index (χ0) is 11.3. The molecule has 1 aromatic rings. The molecule has 0 spiro atoms. The van der Waals surface area contributed by atoms with Crippen molar-refractivity contribution in [3.8, 4) is 0 Å². The molecular formula is C10H17ClN2O2. The largest absolute Gasteiger partial charge is 0.368 e. The zero-order valence-corrected chi connectivity index (χ0v) is 10.2. The molecule has 0 bridgehead atoms. The van der Waals surface area contributed by atoms with E-state index in [9.17, 15) is 0 Å². The third kappa shape index (κ3) is 3.47. The van der Waals surface area contributed by atoms with Crippen molar-refractivity contribution in [2.45, 2.75) is 39.2 Å². The monoisotopic (exact) mass is 232 g/mol. The van der Waals surface area contributed by atoms with Crippen molar-refractivity contribution in [1.29, 1.82) is 0 Å². The lowest BCUT2D eigenvalue weighted by Gasteiger charge is -2.19. The maximum Gasteiger partial charge on any atom is 0.226 e. The Morgan fingerprint density at radius 3 is 2.80 bits per heavy atom. The highest BCUT2D eigenvalue weighted by molar-refractivity contribution is 6.17. The van der Waals surface area contributed by atoms with Crippen LogP contribution in [-0.4, -0.2) is 22.6 Å².